The molecule has 3 nitrogen and oxygen atoms in total. The summed E-state index contributed by atoms with van der Waals surface area (Å²) in [6, 6.07) is 14.3. The summed E-state index contributed by atoms with van der Waals surface area (Å²) in [5.74, 6) is 1.51. The normalized spacial score (nSPS) is 21.3. The Balaban J connectivity index is 1.42. The summed E-state index contributed by atoms with van der Waals surface area (Å²) in [4.78, 5) is 2.17. The number of nitrogens with zero attached hydrogens (tertiary/aromatic N) is 1. The van der Waals surface area contributed by atoms with Crippen LogP contribution < -0.4 is 10.5 Å². The van der Waals surface area contributed by atoms with Crippen LogP contribution in [-0.2, 0) is 13.1 Å². The predicted octanol–water partition coefficient (Wildman–Crippen LogP) is 4.52. The quantitative estimate of drug-likeness (QED) is 0.829. The van der Waals surface area contributed by atoms with Crippen LogP contribution in [-0.4, -0.2) is 18.1 Å². The van der Waals surface area contributed by atoms with Crippen molar-refractivity contribution in [2.75, 3.05) is 13.2 Å². The molecule has 2 N–H and O–H groups in total. The highest BCUT2D eigenvalue weighted by atomic mass is 19.1. The lowest BCUT2D eigenvalue weighted by atomic mass is 9.97. The summed E-state index contributed by atoms with van der Waals surface area (Å²) < 4.78 is 20.6. The molecule has 0 spiro atoms. The van der Waals surface area contributed by atoms with E-state index in [9.17, 15) is 4.39 Å². The zero-order valence-corrected chi connectivity index (χ0v) is 15.3. The standard InChI is InChI=1S/C22H27FN2O/c1-15(24)18-6-4-16(5-7-18)11-25-12-19-8-9-20(26-14-17-2-3-17)10-21(19)22(23)13-25/h4-10,15,17,22H,2-3,11-14,24H2,1H3. The van der Waals surface area contributed by atoms with E-state index in [2.05, 4.69) is 29.2 Å². The number of hydrogen-bond donors (Lipinski definition) is 1. The number of alkyl halides is 1. The van der Waals surface area contributed by atoms with Crippen LogP contribution in [0.15, 0.2) is 42.5 Å². The second-order valence-corrected chi connectivity index (χ2v) is 7.78. The number of benzene rings is 2. The Hall–Kier alpha value is -1.91. The van der Waals surface area contributed by atoms with E-state index in [1.54, 1.807) is 0 Å². The minimum absolute atomic E-state index is 0.0393. The zero-order valence-electron chi connectivity index (χ0n) is 15.3. The maximum absolute atomic E-state index is 14.8. The summed E-state index contributed by atoms with van der Waals surface area (Å²) in [5.41, 5.74) is 10.1. The fourth-order valence-electron chi connectivity index (χ4n) is 3.53. The van der Waals surface area contributed by atoms with Crippen molar-refractivity contribution in [3.05, 3.63) is 64.7 Å². The van der Waals surface area contributed by atoms with E-state index < -0.39 is 6.17 Å². The monoisotopic (exact) mass is 354 g/mol. The summed E-state index contributed by atoms with van der Waals surface area (Å²) >= 11 is 0. The molecule has 2 aliphatic rings. The molecule has 1 fully saturated rings. The van der Waals surface area contributed by atoms with Crippen LogP contribution in [0.3, 0.4) is 0 Å². The van der Waals surface area contributed by atoms with Gasteiger partial charge in [0.1, 0.15) is 11.9 Å². The van der Waals surface area contributed by atoms with E-state index in [1.165, 1.54) is 18.4 Å². The van der Waals surface area contributed by atoms with Gasteiger partial charge in [0.05, 0.1) is 6.61 Å². The highest BCUT2D eigenvalue weighted by Crippen LogP contribution is 2.34. The Bertz CT molecular complexity index is 755. The molecule has 1 aliphatic carbocycles. The second-order valence-electron chi connectivity index (χ2n) is 7.78. The van der Waals surface area contributed by atoms with Crippen LogP contribution >= 0.6 is 0 Å². The number of ether oxygens (including phenoxy) is 1. The highest BCUT2D eigenvalue weighted by molar-refractivity contribution is 5.39. The molecule has 138 valence electrons. The molecule has 2 aromatic carbocycles. The molecular weight excluding hydrogens is 327 g/mol. The number of hydrogen-bond acceptors (Lipinski definition) is 3. The summed E-state index contributed by atoms with van der Waals surface area (Å²) in [5, 5.41) is 0. The van der Waals surface area contributed by atoms with Gasteiger partial charge in [0.15, 0.2) is 0 Å². The summed E-state index contributed by atoms with van der Waals surface area (Å²) in [7, 11) is 0. The maximum atomic E-state index is 14.8. The maximum Gasteiger partial charge on any atom is 0.138 e. The molecular formula is C22H27FN2O. The van der Waals surface area contributed by atoms with Crippen LogP contribution in [0.1, 0.15) is 54.2 Å². The third kappa shape index (κ3) is 4.08. The Kier molecular flexibility index (Phi) is 4.96. The van der Waals surface area contributed by atoms with Crippen molar-refractivity contribution < 1.29 is 9.13 Å². The first-order valence-electron chi connectivity index (χ1n) is 9.55. The molecule has 2 atom stereocenters. The first kappa shape index (κ1) is 17.5. The lowest BCUT2D eigenvalue weighted by molar-refractivity contribution is 0.158. The van der Waals surface area contributed by atoms with E-state index in [-0.39, 0.29) is 6.04 Å². The van der Waals surface area contributed by atoms with Gasteiger partial charge in [-0.05, 0) is 60.1 Å². The van der Waals surface area contributed by atoms with Crippen molar-refractivity contribution in [1.82, 2.24) is 4.90 Å². The minimum Gasteiger partial charge on any atom is -0.493 e. The number of nitrogens with two attached hydrogens (primary N) is 1. The summed E-state index contributed by atoms with van der Waals surface area (Å²) in [6.07, 6.45) is 1.56. The van der Waals surface area contributed by atoms with Crippen LogP contribution in [0.25, 0.3) is 0 Å². The van der Waals surface area contributed by atoms with Crippen LogP contribution in [0.5, 0.6) is 5.75 Å². The molecule has 1 heterocycles. The molecule has 26 heavy (non-hydrogen) atoms. The Morgan fingerprint density at radius 1 is 1.19 bits per heavy atom. The van der Waals surface area contributed by atoms with Gasteiger partial charge >= 0.3 is 0 Å². The average Bonchev–Trinajstić information content (AvgIpc) is 3.45. The van der Waals surface area contributed by atoms with Gasteiger partial charge in [-0.2, -0.15) is 0 Å². The molecule has 2 aromatic rings. The van der Waals surface area contributed by atoms with Gasteiger partial charge in [0.25, 0.3) is 0 Å². The Morgan fingerprint density at radius 2 is 1.96 bits per heavy atom. The van der Waals surface area contributed by atoms with Gasteiger partial charge in [-0.1, -0.05) is 30.3 Å². The fourth-order valence-corrected chi connectivity index (χ4v) is 3.53. The van der Waals surface area contributed by atoms with E-state index in [1.807, 2.05) is 25.1 Å². The van der Waals surface area contributed by atoms with Crippen molar-refractivity contribution in [1.29, 1.82) is 0 Å². The van der Waals surface area contributed by atoms with E-state index in [0.717, 1.165) is 42.1 Å². The van der Waals surface area contributed by atoms with Crippen LogP contribution in [0.2, 0.25) is 0 Å². The number of fused-ring (bicyclic) bond motifs is 1. The number of rotatable bonds is 6. The van der Waals surface area contributed by atoms with Gasteiger partial charge in [0, 0.05) is 25.7 Å². The van der Waals surface area contributed by atoms with Crippen molar-refractivity contribution >= 4 is 0 Å². The van der Waals surface area contributed by atoms with E-state index >= 15 is 0 Å². The zero-order chi connectivity index (χ0) is 18.1. The molecule has 0 amide bonds. The van der Waals surface area contributed by atoms with Crippen LogP contribution in [0, 0.1) is 5.92 Å². The molecule has 0 bridgehead atoms. The molecule has 4 rings (SSSR count). The lowest BCUT2D eigenvalue weighted by Gasteiger charge is -2.31. The van der Waals surface area contributed by atoms with Crippen LogP contribution in [0.4, 0.5) is 4.39 Å². The third-order valence-electron chi connectivity index (χ3n) is 5.36. The molecule has 1 aliphatic heterocycles. The second kappa shape index (κ2) is 7.37. The molecule has 4 heteroatoms. The third-order valence-corrected chi connectivity index (χ3v) is 5.36. The Labute approximate surface area is 155 Å². The Morgan fingerprint density at radius 3 is 2.65 bits per heavy atom. The SMILES string of the molecule is CC(N)c1ccc(CN2Cc3ccc(OCC4CC4)cc3C(F)C2)cc1. The minimum atomic E-state index is -0.966. The molecule has 0 radical (unpaired) electrons. The van der Waals surface area contributed by atoms with Gasteiger partial charge in [-0.15, -0.1) is 0 Å². The predicted molar refractivity (Wildman–Crippen MR) is 102 cm³/mol. The molecule has 0 aromatic heterocycles. The van der Waals surface area contributed by atoms with Crippen molar-refractivity contribution in [2.45, 2.75) is 45.1 Å². The fraction of sp³-hybridized carbons (Fsp3) is 0.455. The highest BCUT2D eigenvalue weighted by Gasteiger charge is 2.26. The van der Waals surface area contributed by atoms with Gasteiger partial charge in [-0.25, -0.2) is 4.39 Å². The lowest BCUT2D eigenvalue weighted by Crippen LogP contribution is -2.31. The molecule has 1 saturated carbocycles. The van der Waals surface area contributed by atoms with Crippen molar-refractivity contribution in [3.63, 3.8) is 0 Å². The first-order valence-corrected chi connectivity index (χ1v) is 9.55. The summed E-state index contributed by atoms with van der Waals surface area (Å²) in [6.45, 7) is 4.69. The smallest absolute Gasteiger partial charge is 0.138 e. The average molecular weight is 354 g/mol. The van der Waals surface area contributed by atoms with Gasteiger partial charge in [0.2, 0.25) is 0 Å². The van der Waals surface area contributed by atoms with Gasteiger partial charge in [-0.3, -0.25) is 4.90 Å². The largest absolute Gasteiger partial charge is 0.493 e. The first-order chi connectivity index (χ1) is 12.6. The molecule has 0 saturated heterocycles. The van der Waals surface area contributed by atoms with Crippen molar-refractivity contribution in [3.8, 4) is 5.75 Å². The van der Waals surface area contributed by atoms with E-state index in [4.69, 9.17) is 10.5 Å². The molecule has 2 unspecified atom stereocenters. The number of halogens is 1. The topological polar surface area (TPSA) is 38.5 Å². The van der Waals surface area contributed by atoms with E-state index in [0.29, 0.717) is 12.5 Å². The van der Waals surface area contributed by atoms with Gasteiger partial charge < -0.3 is 10.5 Å². The van der Waals surface area contributed by atoms with Crippen molar-refractivity contribution in [2.24, 2.45) is 11.7 Å².